The molecule has 1 aliphatic heterocycles. The Morgan fingerprint density at radius 2 is 2.04 bits per heavy atom. The zero-order chi connectivity index (χ0) is 19.6. The van der Waals surface area contributed by atoms with Crippen molar-refractivity contribution in [1.82, 2.24) is 5.32 Å². The van der Waals surface area contributed by atoms with Gasteiger partial charge in [0.25, 0.3) is 11.6 Å². The predicted molar refractivity (Wildman–Crippen MR) is 99.1 cm³/mol. The smallest absolute Gasteiger partial charge is 0.273 e. The molecule has 1 N–H and O–H groups in total. The van der Waals surface area contributed by atoms with Crippen LogP contribution < -0.4 is 15.0 Å². The molecule has 3 rings (SSSR count). The van der Waals surface area contributed by atoms with E-state index in [4.69, 9.17) is 4.74 Å². The fourth-order valence-electron chi connectivity index (χ4n) is 3.16. The maximum absolute atomic E-state index is 12.6. The largest absolute Gasteiger partial charge is 0.497 e. The van der Waals surface area contributed by atoms with Crippen LogP contribution >= 0.6 is 0 Å². The molecule has 27 heavy (non-hydrogen) atoms. The average molecular weight is 369 g/mol. The summed E-state index contributed by atoms with van der Waals surface area (Å²) in [6.07, 6.45) is 0.164. The molecule has 1 atom stereocenters. The molecule has 1 aliphatic rings. The summed E-state index contributed by atoms with van der Waals surface area (Å²) in [5.74, 6) is 0.103. The summed E-state index contributed by atoms with van der Waals surface area (Å²) >= 11 is 0. The third-order valence-corrected chi connectivity index (χ3v) is 4.57. The first-order valence-electron chi connectivity index (χ1n) is 8.40. The van der Waals surface area contributed by atoms with E-state index in [2.05, 4.69) is 5.32 Å². The van der Waals surface area contributed by atoms with Crippen molar-refractivity contribution in [3.63, 3.8) is 0 Å². The lowest BCUT2D eigenvalue weighted by molar-refractivity contribution is -0.385. The quantitative estimate of drug-likeness (QED) is 0.644. The summed E-state index contributed by atoms with van der Waals surface area (Å²) in [7, 11) is 1.55. The summed E-state index contributed by atoms with van der Waals surface area (Å²) in [6, 6.07) is 11.1. The molecule has 1 saturated heterocycles. The summed E-state index contributed by atoms with van der Waals surface area (Å²) < 4.78 is 5.18. The molecule has 1 heterocycles. The van der Waals surface area contributed by atoms with E-state index in [9.17, 15) is 19.7 Å². The van der Waals surface area contributed by atoms with E-state index in [1.807, 2.05) is 0 Å². The third kappa shape index (κ3) is 3.74. The topological polar surface area (TPSA) is 102 Å². The van der Waals surface area contributed by atoms with Crippen molar-refractivity contribution in [3.8, 4) is 5.75 Å². The van der Waals surface area contributed by atoms with Crippen molar-refractivity contribution in [2.75, 3.05) is 18.6 Å². The Morgan fingerprint density at radius 1 is 1.30 bits per heavy atom. The lowest BCUT2D eigenvalue weighted by Gasteiger charge is -2.18. The Balaban J connectivity index is 1.74. The third-order valence-electron chi connectivity index (χ3n) is 4.57. The lowest BCUT2D eigenvalue weighted by Crippen LogP contribution is -2.37. The van der Waals surface area contributed by atoms with Crippen LogP contribution in [0.3, 0.4) is 0 Å². The van der Waals surface area contributed by atoms with Gasteiger partial charge in [0.2, 0.25) is 5.91 Å². The first-order chi connectivity index (χ1) is 12.9. The number of methoxy groups -OCH3 is 1. The first-order valence-corrected chi connectivity index (χ1v) is 8.40. The summed E-state index contributed by atoms with van der Waals surface area (Å²) in [6.45, 7) is 1.86. The van der Waals surface area contributed by atoms with Crippen LogP contribution in [0.5, 0.6) is 5.75 Å². The molecular formula is C19H19N3O5. The van der Waals surface area contributed by atoms with E-state index in [1.54, 1.807) is 36.3 Å². The monoisotopic (exact) mass is 369 g/mol. The number of nitrogens with zero attached hydrogens (tertiary/aromatic N) is 2. The standard InChI is InChI=1S/C19H19N3O5/c1-12-16(7-4-8-17(12)22(25)26)19(24)20-13-9-18(23)21(11-13)14-5-3-6-15(10-14)27-2/h3-8,10,13H,9,11H2,1-2H3,(H,20,24)/t13-/m0/s1. The molecule has 0 radical (unpaired) electrons. The molecule has 8 nitrogen and oxygen atoms in total. The van der Waals surface area contributed by atoms with Crippen LogP contribution in [-0.4, -0.2) is 36.4 Å². The average Bonchev–Trinajstić information content (AvgIpc) is 3.01. The number of rotatable bonds is 5. The molecular weight excluding hydrogens is 350 g/mol. The molecule has 0 spiro atoms. The SMILES string of the molecule is COc1cccc(N2C[C@@H](NC(=O)c3cccc([N+](=O)[O-])c3C)CC2=O)c1. The van der Waals surface area contributed by atoms with Gasteiger partial charge in [0.05, 0.1) is 18.1 Å². The van der Waals surface area contributed by atoms with E-state index in [1.165, 1.54) is 25.1 Å². The van der Waals surface area contributed by atoms with Crippen molar-refractivity contribution < 1.29 is 19.2 Å². The van der Waals surface area contributed by atoms with Gasteiger partial charge in [-0.15, -0.1) is 0 Å². The summed E-state index contributed by atoms with van der Waals surface area (Å²) in [5, 5.41) is 13.9. The Morgan fingerprint density at radius 3 is 2.74 bits per heavy atom. The number of carbonyl (C=O) groups is 2. The van der Waals surface area contributed by atoms with Crippen LogP contribution in [0, 0.1) is 17.0 Å². The van der Waals surface area contributed by atoms with E-state index in [0.29, 0.717) is 23.5 Å². The molecule has 1 fully saturated rings. The summed E-state index contributed by atoms with van der Waals surface area (Å²) in [4.78, 5) is 37.0. The highest BCUT2D eigenvalue weighted by Crippen LogP contribution is 2.26. The van der Waals surface area contributed by atoms with Crippen molar-refractivity contribution >= 4 is 23.2 Å². The van der Waals surface area contributed by atoms with Gasteiger partial charge >= 0.3 is 0 Å². The fraction of sp³-hybridized carbons (Fsp3) is 0.263. The predicted octanol–water partition coefficient (Wildman–Crippen LogP) is 2.45. The number of anilines is 1. The number of nitrogens with one attached hydrogen (secondary N) is 1. The Labute approximate surface area is 155 Å². The van der Waals surface area contributed by atoms with Crippen LogP contribution in [0.4, 0.5) is 11.4 Å². The number of benzene rings is 2. The van der Waals surface area contributed by atoms with E-state index < -0.39 is 10.8 Å². The second-order valence-electron chi connectivity index (χ2n) is 6.29. The van der Waals surface area contributed by atoms with Gasteiger partial charge < -0.3 is 15.0 Å². The molecule has 0 bridgehead atoms. The molecule has 140 valence electrons. The van der Waals surface area contributed by atoms with Crippen molar-refractivity contribution in [3.05, 3.63) is 63.7 Å². The molecule has 8 heteroatoms. The molecule has 2 aromatic rings. The minimum atomic E-state index is -0.518. The van der Waals surface area contributed by atoms with E-state index >= 15 is 0 Å². The minimum Gasteiger partial charge on any atom is -0.497 e. The van der Waals surface area contributed by atoms with E-state index in [0.717, 1.165) is 0 Å². The number of carbonyl (C=O) groups excluding carboxylic acids is 2. The fourth-order valence-corrected chi connectivity index (χ4v) is 3.16. The summed E-state index contributed by atoms with van der Waals surface area (Å²) in [5.41, 5.74) is 1.12. The molecule has 2 amide bonds. The number of hydrogen-bond acceptors (Lipinski definition) is 5. The second kappa shape index (κ2) is 7.45. The van der Waals surface area contributed by atoms with Gasteiger partial charge in [0.15, 0.2) is 0 Å². The maximum Gasteiger partial charge on any atom is 0.273 e. The van der Waals surface area contributed by atoms with Gasteiger partial charge in [0.1, 0.15) is 5.75 Å². The van der Waals surface area contributed by atoms with Crippen LogP contribution in [-0.2, 0) is 4.79 Å². The van der Waals surface area contributed by atoms with Crippen LogP contribution in [0.25, 0.3) is 0 Å². The van der Waals surface area contributed by atoms with Gasteiger partial charge in [-0.25, -0.2) is 0 Å². The molecule has 0 unspecified atom stereocenters. The maximum atomic E-state index is 12.6. The number of hydrogen-bond donors (Lipinski definition) is 1. The number of amides is 2. The van der Waals surface area contributed by atoms with Crippen LogP contribution in [0.1, 0.15) is 22.3 Å². The van der Waals surface area contributed by atoms with Crippen molar-refractivity contribution in [2.24, 2.45) is 0 Å². The highest BCUT2D eigenvalue weighted by Gasteiger charge is 2.32. The number of nitro benzene ring substituents is 1. The molecule has 0 saturated carbocycles. The number of nitro groups is 1. The number of ether oxygens (including phenoxy) is 1. The highest BCUT2D eigenvalue weighted by molar-refractivity contribution is 6.00. The van der Waals surface area contributed by atoms with Crippen LogP contribution in [0.2, 0.25) is 0 Å². The van der Waals surface area contributed by atoms with Gasteiger partial charge in [-0.3, -0.25) is 19.7 Å². The second-order valence-corrected chi connectivity index (χ2v) is 6.29. The normalized spacial score (nSPS) is 16.3. The van der Waals surface area contributed by atoms with Gasteiger partial charge in [0, 0.05) is 41.9 Å². The Hall–Kier alpha value is -3.42. The highest BCUT2D eigenvalue weighted by atomic mass is 16.6. The van der Waals surface area contributed by atoms with Crippen molar-refractivity contribution in [1.29, 1.82) is 0 Å². The lowest BCUT2D eigenvalue weighted by atomic mass is 10.1. The van der Waals surface area contributed by atoms with Gasteiger partial charge in [-0.05, 0) is 25.1 Å². The molecule has 0 aromatic heterocycles. The molecule has 0 aliphatic carbocycles. The zero-order valence-electron chi connectivity index (χ0n) is 15.0. The van der Waals surface area contributed by atoms with Crippen molar-refractivity contribution in [2.45, 2.75) is 19.4 Å². The first kappa shape index (κ1) is 18.4. The molecule has 2 aromatic carbocycles. The zero-order valence-corrected chi connectivity index (χ0v) is 15.0. The minimum absolute atomic E-state index is 0.107. The van der Waals surface area contributed by atoms with Crippen LogP contribution in [0.15, 0.2) is 42.5 Å². The van der Waals surface area contributed by atoms with Gasteiger partial charge in [-0.2, -0.15) is 0 Å². The van der Waals surface area contributed by atoms with E-state index in [-0.39, 0.29) is 29.6 Å². The Bertz CT molecular complexity index is 912. The van der Waals surface area contributed by atoms with Gasteiger partial charge in [-0.1, -0.05) is 12.1 Å². The Kier molecular flexibility index (Phi) is 5.07.